The smallest absolute Gasteiger partial charge is 0.349 e. The highest BCUT2D eigenvalue weighted by atomic mass is 16.6. The predicted molar refractivity (Wildman–Crippen MR) is 70.9 cm³/mol. The quantitative estimate of drug-likeness (QED) is 0.452. The van der Waals surface area contributed by atoms with Crippen molar-refractivity contribution >= 4 is 29.8 Å². The number of carbonyl (C=O) groups is 5. The van der Waals surface area contributed by atoms with Crippen molar-refractivity contribution in [1.82, 2.24) is 0 Å². The van der Waals surface area contributed by atoms with Crippen LogP contribution in [0.4, 0.5) is 0 Å². The number of aliphatic carboxylic acids is 1. The summed E-state index contributed by atoms with van der Waals surface area (Å²) in [5.41, 5.74) is 0. The van der Waals surface area contributed by atoms with Gasteiger partial charge in [0.1, 0.15) is 6.61 Å². The summed E-state index contributed by atoms with van der Waals surface area (Å²) in [7, 11) is 0. The minimum Gasteiger partial charge on any atom is -0.478 e. The van der Waals surface area contributed by atoms with Gasteiger partial charge in [-0.15, -0.1) is 0 Å². The minimum absolute atomic E-state index is 0.585. The number of carbonyl (C=O) groups excluding carboxylic acids is 4. The Labute approximate surface area is 131 Å². The molecular formula is C13H18O10. The van der Waals surface area contributed by atoms with Crippen molar-refractivity contribution in [3.05, 3.63) is 0 Å². The third-order valence-electron chi connectivity index (χ3n) is 2.27. The highest BCUT2D eigenvalue weighted by molar-refractivity contribution is 5.78. The van der Waals surface area contributed by atoms with Crippen LogP contribution < -0.4 is 0 Å². The molecule has 3 atom stereocenters. The molecule has 0 amide bonds. The zero-order valence-corrected chi connectivity index (χ0v) is 13.1. The van der Waals surface area contributed by atoms with Gasteiger partial charge in [-0.25, -0.2) is 4.79 Å². The summed E-state index contributed by atoms with van der Waals surface area (Å²) in [5.74, 6) is -5.07. The van der Waals surface area contributed by atoms with E-state index in [0.717, 1.165) is 27.7 Å². The lowest BCUT2D eigenvalue weighted by molar-refractivity contribution is -0.195. The normalized spacial score (nSPS) is 13.9. The van der Waals surface area contributed by atoms with E-state index in [0.29, 0.717) is 0 Å². The fourth-order valence-electron chi connectivity index (χ4n) is 1.57. The first-order chi connectivity index (χ1) is 10.5. The Morgan fingerprint density at radius 1 is 0.783 bits per heavy atom. The second-order valence-electron chi connectivity index (χ2n) is 4.39. The molecule has 0 aliphatic rings. The van der Waals surface area contributed by atoms with Gasteiger partial charge in [0, 0.05) is 27.7 Å². The van der Waals surface area contributed by atoms with Crippen LogP contribution in [0.3, 0.4) is 0 Å². The number of hydrogen-bond donors (Lipinski definition) is 1. The molecule has 130 valence electrons. The van der Waals surface area contributed by atoms with Crippen LogP contribution in [0.25, 0.3) is 0 Å². The molecule has 0 saturated heterocycles. The van der Waals surface area contributed by atoms with E-state index in [1.165, 1.54) is 0 Å². The molecule has 1 N–H and O–H groups in total. The van der Waals surface area contributed by atoms with E-state index in [-0.39, 0.29) is 0 Å². The predicted octanol–water partition coefficient (Wildman–Crippen LogP) is -0.571. The Kier molecular flexibility index (Phi) is 8.30. The number of hydrogen-bond acceptors (Lipinski definition) is 9. The van der Waals surface area contributed by atoms with Gasteiger partial charge in [0.2, 0.25) is 6.10 Å². The van der Waals surface area contributed by atoms with Crippen molar-refractivity contribution in [3.8, 4) is 0 Å². The lowest BCUT2D eigenvalue weighted by Gasteiger charge is -2.29. The summed E-state index contributed by atoms with van der Waals surface area (Å²) in [4.78, 5) is 55.5. The number of rotatable bonds is 8. The first kappa shape index (κ1) is 20.3. The second kappa shape index (κ2) is 9.38. The molecule has 0 aliphatic carbocycles. The highest BCUT2D eigenvalue weighted by Gasteiger charge is 2.42. The Morgan fingerprint density at radius 3 is 1.61 bits per heavy atom. The molecule has 0 saturated carbocycles. The Morgan fingerprint density at radius 2 is 1.26 bits per heavy atom. The van der Waals surface area contributed by atoms with Crippen molar-refractivity contribution < 1.29 is 48.0 Å². The summed E-state index contributed by atoms with van der Waals surface area (Å²) in [6, 6.07) is 0. The molecule has 0 fully saturated rings. The number of carboxylic acid groups (broad SMARTS) is 1. The zero-order chi connectivity index (χ0) is 18.2. The molecular weight excluding hydrogens is 316 g/mol. The summed E-state index contributed by atoms with van der Waals surface area (Å²) >= 11 is 0. The molecule has 23 heavy (non-hydrogen) atoms. The number of esters is 4. The third kappa shape index (κ3) is 8.39. The second-order valence-corrected chi connectivity index (χ2v) is 4.39. The van der Waals surface area contributed by atoms with Gasteiger partial charge in [0.05, 0.1) is 0 Å². The maximum atomic E-state index is 11.3. The molecule has 0 aromatic rings. The molecule has 0 aromatic heterocycles. The average Bonchev–Trinajstić information content (AvgIpc) is 2.37. The van der Waals surface area contributed by atoms with E-state index < -0.39 is 54.8 Å². The summed E-state index contributed by atoms with van der Waals surface area (Å²) < 4.78 is 18.9. The van der Waals surface area contributed by atoms with E-state index in [1.807, 2.05) is 0 Å². The minimum atomic E-state index is -1.95. The monoisotopic (exact) mass is 334 g/mol. The van der Waals surface area contributed by atoms with Gasteiger partial charge in [0.25, 0.3) is 0 Å². The van der Waals surface area contributed by atoms with E-state index in [4.69, 9.17) is 14.6 Å². The van der Waals surface area contributed by atoms with Crippen LogP contribution in [0, 0.1) is 0 Å². The van der Waals surface area contributed by atoms with Gasteiger partial charge in [-0.05, 0) is 0 Å². The van der Waals surface area contributed by atoms with Crippen LogP contribution in [0.1, 0.15) is 27.7 Å². The Balaban J connectivity index is 5.55. The van der Waals surface area contributed by atoms with Gasteiger partial charge in [-0.1, -0.05) is 0 Å². The topological polar surface area (TPSA) is 142 Å². The maximum Gasteiger partial charge on any atom is 0.349 e. The molecule has 10 heteroatoms. The van der Waals surface area contributed by atoms with Crippen molar-refractivity contribution in [2.45, 2.75) is 46.0 Å². The zero-order valence-electron chi connectivity index (χ0n) is 13.1. The van der Waals surface area contributed by atoms with Crippen LogP contribution in [0.15, 0.2) is 0 Å². The van der Waals surface area contributed by atoms with E-state index >= 15 is 0 Å². The number of carboxylic acids is 1. The summed E-state index contributed by atoms with van der Waals surface area (Å²) in [6.07, 6.45) is -5.12. The van der Waals surface area contributed by atoms with Crippen molar-refractivity contribution in [3.63, 3.8) is 0 Å². The average molecular weight is 334 g/mol. The fourth-order valence-corrected chi connectivity index (χ4v) is 1.57. The van der Waals surface area contributed by atoms with Crippen LogP contribution in [-0.4, -0.2) is 59.9 Å². The lowest BCUT2D eigenvalue weighted by atomic mass is 10.1. The summed E-state index contributed by atoms with van der Waals surface area (Å²) in [5, 5.41) is 9.15. The first-order valence-electron chi connectivity index (χ1n) is 6.42. The van der Waals surface area contributed by atoms with Gasteiger partial charge >= 0.3 is 29.8 Å². The fraction of sp³-hybridized carbons (Fsp3) is 0.615. The van der Waals surface area contributed by atoms with Gasteiger partial charge in [-0.2, -0.15) is 0 Å². The standard InChI is InChI=1S/C13H18O10/c1-6(14)20-5-10(21-7(2)15)11(22-8(3)16)12(13(18)19)23-9(4)17/h10-12H,5H2,1-4H3,(H,18,19)/t10-,11-,12+/m0/s1. The molecule has 0 spiro atoms. The van der Waals surface area contributed by atoms with Crippen LogP contribution >= 0.6 is 0 Å². The van der Waals surface area contributed by atoms with E-state index in [2.05, 4.69) is 9.47 Å². The summed E-state index contributed by atoms with van der Waals surface area (Å²) in [6.45, 7) is 3.45. The van der Waals surface area contributed by atoms with Crippen molar-refractivity contribution in [1.29, 1.82) is 0 Å². The molecule has 0 bridgehead atoms. The SMILES string of the molecule is CC(=O)OC[C@H](OC(C)=O)[C@H](OC(C)=O)[C@@H](OC(C)=O)C(=O)O. The lowest BCUT2D eigenvalue weighted by Crippen LogP contribution is -2.50. The van der Waals surface area contributed by atoms with E-state index in [1.54, 1.807) is 0 Å². The van der Waals surface area contributed by atoms with Crippen molar-refractivity contribution in [2.24, 2.45) is 0 Å². The third-order valence-corrected chi connectivity index (χ3v) is 2.27. The molecule has 0 heterocycles. The molecule has 0 radical (unpaired) electrons. The molecule has 0 rings (SSSR count). The van der Waals surface area contributed by atoms with E-state index in [9.17, 15) is 24.0 Å². The molecule has 0 aromatic carbocycles. The van der Waals surface area contributed by atoms with Crippen LogP contribution in [0.2, 0.25) is 0 Å². The van der Waals surface area contributed by atoms with Crippen molar-refractivity contribution in [2.75, 3.05) is 6.61 Å². The maximum absolute atomic E-state index is 11.3. The van der Waals surface area contributed by atoms with Gasteiger partial charge in [-0.3, -0.25) is 19.2 Å². The van der Waals surface area contributed by atoms with Crippen LogP contribution in [0.5, 0.6) is 0 Å². The van der Waals surface area contributed by atoms with Gasteiger partial charge < -0.3 is 24.1 Å². The molecule has 0 unspecified atom stereocenters. The first-order valence-corrected chi connectivity index (χ1v) is 6.42. The Hall–Kier alpha value is -2.65. The largest absolute Gasteiger partial charge is 0.478 e. The van der Waals surface area contributed by atoms with Gasteiger partial charge in [0.15, 0.2) is 12.2 Å². The number of ether oxygens (including phenoxy) is 4. The molecule has 10 nitrogen and oxygen atoms in total. The van der Waals surface area contributed by atoms with Crippen LogP contribution in [-0.2, 0) is 42.9 Å². The highest BCUT2D eigenvalue weighted by Crippen LogP contribution is 2.15. The Bertz CT molecular complexity index is 483. The molecule has 0 aliphatic heterocycles.